The van der Waals surface area contributed by atoms with Crippen molar-refractivity contribution in [1.29, 1.82) is 0 Å². The zero-order chi connectivity index (χ0) is 12.1. The van der Waals surface area contributed by atoms with Gasteiger partial charge in [0.25, 0.3) is 0 Å². The van der Waals surface area contributed by atoms with Crippen LogP contribution in [0.25, 0.3) is 0 Å². The Morgan fingerprint density at radius 3 is 2.76 bits per heavy atom. The maximum absolute atomic E-state index is 9.99. The van der Waals surface area contributed by atoms with E-state index in [1.807, 2.05) is 12.1 Å². The lowest BCUT2D eigenvalue weighted by atomic mass is 9.84. The first-order valence-electron chi connectivity index (χ1n) is 6.47. The van der Waals surface area contributed by atoms with Crippen molar-refractivity contribution in [2.45, 2.75) is 38.0 Å². The van der Waals surface area contributed by atoms with Gasteiger partial charge in [-0.05, 0) is 18.8 Å². The predicted octanol–water partition coefficient (Wildman–Crippen LogP) is 1.47. The average Bonchev–Trinajstić information content (AvgIpc) is 2.39. The number of benzene rings is 1. The third kappa shape index (κ3) is 3.42. The van der Waals surface area contributed by atoms with Crippen LogP contribution >= 0.6 is 0 Å². The molecule has 1 fully saturated rings. The summed E-state index contributed by atoms with van der Waals surface area (Å²) in [5, 5.41) is 12.3. The van der Waals surface area contributed by atoms with Gasteiger partial charge in [-0.2, -0.15) is 0 Å². The molecule has 0 heterocycles. The van der Waals surface area contributed by atoms with Gasteiger partial charge in [0.05, 0.1) is 0 Å². The smallest absolute Gasteiger partial charge is 0.113 e. The third-order valence-electron chi connectivity index (χ3n) is 3.73. The molecule has 2 nitrogen and oxygen atoms in total. The fourth-order valence-corrected chi connectivity index (χ4v) is 2.59. The van der Waals surface area contributed by atoms with Gasteiger partial charge in [-0.1, -0.05) is 36.4 Å². The lowest BCUT2D eigenvalue weighted by Gasteiger charge is -2.30. The predicted molar refractivity (Wildman–Crippen MR) is 69.4 cm³/mol. The molecule has 0 unspecified atom stereocenters. The van der Waals surface area contributed by atoms with Crippen LogP contribution in [-0.2, 0) is 6.54 Å². The number of aliphatic hydroxyl groups excluding tert-OH is 1. The Balaban J connectivity index is 1.87. The van der Waals surface area contributed by atoms with E-state index in [-0.39, 0.29) is 6.10 Å². The number of nitrogens with two attached hydrogens (primary N) is 1. The summed E-state index contributed by atoms with van der Waals surface area (Å²) < 4.78 is 0. The number of hydrogen-bond acceptors (Lipinski definition) is 1. The second kappa shape index (κ2) is 5.99. The highest BCUT2D eigenvalue weighted by molar-refractivity contribution is 5.13. The second-order valence-electron chi connectivity index (χ2n) is 4.97. The summed E-state index contributed by atoms with van der Waals surface area (Å²) in [6.07, 6.45) is 4.93. The first kappa shape index (κ1) is 12.3. The molecule has 3 N–H and O–H groups in total. The van der Waals surface area contributed by atoms with Crippen LogP contribution in [0.1, 0.15) is 24.8 Å². The fraction of sp³-hybridized carbons (Fsp3) is 0.467. The molecule has 1 aromatic carbocycles. The quantitative estimate of drug-likeness (QED) is 0.758. The molecule has 92 valence electrons. The minimum Gasteiger partial charge on any atom is -0.387 e. The summed E-state index contributed by atoms with van der Waals surface area (Å²) >= 11 is 0. The van der Waals surface area contributed by atoms with Gasteiger partial charge < -0.3 is 10.4 Å². The van der Waals surface area contributed by atoms with Crippen LogP contribution < -0.4 is 5.32 Å². The van der Waals surface area contributed by atoms with Crippen LogP contribution in [0, 0.1) is 5.92 Å². The Hall–Kier alpha value is -1.12. The van der Waals surface area contributed by atoms with E-state index in [4.69, 9.17) is 0 Å². The van der Waals surface area contributed by atoms with Gasteiger partial charge in [0, 0.05) is 12.0 Å². The molecule has 0 amide bonds. The molecule has 17 heavy (non-hydrogen) atoms. The molecule has 1 aromatic rings. The van der Waals surface area contributed by atoms with Crippen LogP contribution in [0.3, 0.4) is 0 Å². The highest BCUT2D eigenvalue weighted by Crippen LogP contribution is 2.23. The zero-order valence-corrected chi connectivity index (χ0v) is 10.3. The molecule has 0 aliphatic heterocycles. The first-order chi connectivity index (χ1) is 8.29. The van der Waals surface area contributed by atoms with Crippen molar-refractivity contribution in [3.8, 4) is 0 Å². The first-order valence-corrected chi connectivity index (χ1v) is 6.47. The van der Waals surface area contributed by atoms with Crippen molar-refractivity contribution in [2.75, 3.05) is 0 Å². The van der Waals surface area contributed by atoms with E-state index >= 15 is 0 Å². The summed E-state index contributed by atoms with van der Waals surface area (Å²) in [6, 6.07) is 10.8. The average molecular weight is 232 g/mol. The van der Waals surface area contributed by atoms with E-state index in [1.165, 1.54) is 5.56 Å². The molecule has 3 atom stereocenters. The maximum Gasteiger partial charge on any atom is 0.113 e. The molecule has 0 saturated heterocycles. The van der Waals surface area contributed by atoms with Gasteiger partial charge >= 0.3 is 0 Å². The SMILES string of the molecule is C=C[C@@H]1CC[C@H](O)[C@H]([NH2+]Cc2ccccc2)C1. The van der Waals surface area contributed by atoms with Crippen LogP contribution in [0.5, 0.6) is 0 Å². The molecular weight excluding hydrogens is 210 g/mol. The van der Waals surface area contributed by atoms with Gasteiger partial charge in [0.2, 0.25) is 0 Å². The molecule has 0 spiro atoms. The summed E-state index contributed by atoms with van der Waals surface area (Å²) in [6.45, 7) is 4.82. The van der Waals surface area contributed by atoms with Gasteiger partial charge in [-0.25, -0.2) is 0 Å². The lowest BCUT2D eigenvalue weighted by Crippen LogP contribution is -2.91. The van der Waals surface area contributed by atoms with E-state index in [0.29, 0.717) is 12.0 Å². The van der Waals surface area contributed by atoms with Crippen LogP contribution in [0.4, 0.5) is 0 Å². The Bertz CT molecular complexity index is 349. The standard InChI is InChI=1S/C15H21NO/c1-2-12-8-9-15(17)14(10-12)16-11-13-6-4-3-5-7-13/h2-7,12,14-17H,1,8-11H2/p+1/t12-,14-,15+/m1/s1. The number of hydrogen-bond donors (Lipinski definition) is 2. The molecule has 1 saturated carbocycles. The van der Waals surface area contributed by atoms with Crippen molar-refractivity contribution >= 4 is 0 Å². The van der Waals surface area contributed by atoms with Crippen molar-refractivity contribution < 1.29 is 10.4 Å². The van der Waals surface area contributed by atoms with Crippen LogP contribution in [-0.4, -0.2) is 17.3 Å². The van der Waals surface area contributed by atoms with Gasteiger partial charge in [-0.15, -0.1) is 6.58 Å². The molecule has 0 radical (unpaired) electrons. The van der Waals surface area contributed by atoms with Crippen LogP contribution in [0.15, 0.2) is 43.0 Å². The Morgan fingerprint density at radius 2 is 2.06 bits per heavy atom. The van der Waals surface area contributed by atoms with E-state index in [2.05, 4.69) is 36.2 Å². The van der Waals surface area contributed by atoms with Gasteiger partial charge in [0.15, 0.2) is 0 Å². The van der Waals surface area contributed by atoms with E-state index < -0.39 is 0 Å². The van der Waals surface area contributed by atoms with Crippen molar-refractivity contribution in [2.24, 2.45) is 5.92 Å². The number of rotatable bonds is 4. The number of quaternary nitrogens is 1. The number of allylic oxidation sites excluding steroid dienone is 1. The maximum atomic E-state index is 9.99. The second-order valence-corrected chi connectivity index (χ2v) is 4.97. The fourth-order valence-electron chi connectivity index (χ4n) is 2.59. The normalized spacial score (nSPS) is 28.9. The molecule has 1 aliphatic carbocycles. The lowest BCUT2D eigenvalue weighted by molar-refractivity contribution is -0.714. The summed E-state index contributed by atoms with van der Waals surface area (Å²) in [5.41, 5.74) is 1.32. The number of aliphatic hydroxyl groups is 1. The van der Waals surface area contributed by atoms with E-state index in [1.54, 1.807) is 0 Å². The summed E-state index contributed by atoms with van der Waals surface area (Å²) in [5.74, 6) is 0.579. The van der Waals surface area contributed by atoms with E-state index in [9.17, 15) is 5.11 Å². The minimum atomic E-state index is -0.157. The zero-order valence-electron chi connectivity index (χ0n) is 10.3. The molecular formula is C15H22NO+. The molecule has 2 rings (SSSR count). The van der Waals surface area contributed by atoms with Gasteiger partial charge in [-0.3, -0.25) is 0 Å². The molecule has 1 aliphatic rings. The monoisotopic (exact) mass is 232 g/mol. The highest BCUT2D eigenvalue weighted by Gasteiger charge is 2.30. The Kier molecular flexibility index (Phi) is 4.35. The minimum absolute atomic E-state index is 0.157. The van der Waals surface area contributed by atoms with Crippen molar-refractivity contribution in [1.82, 2.24) is 0 Å². The molecule has 0 aromatic heterocycles. The summed E-state index contributed by atoms with van der Waals surface area (Å²) in [4.78, 5) is 0. The summed E-state index contributed by atoms with van der Waals surface area (Å²) in [7, 11) is 0. The van der Waals surface area contributed by atoms with E-state index in [0.717, 1.165) is 25.8 Å². The van der Waals surface area contributed by atoms with Gasteiger partial charge in [0.1, 0.15) is 18.7 Å². The third-order valence-corrected chi connectivity index (χ3v) is 3.73. The van der Waals surface area contributed by atoms with Crippen molar-refractivity contribution in [3.63, 3.8) is 0 Å². The highest BCUT2D eigenvalue weighted by atomic mass is 16.3. The topological polar surface area (TPSA) is 36.8 Å². The molecule has 0 bridgehead atoms. The Labute approximate surface area is 103 Å². The Morgan fingerprint density at radius 1 is 1.29 bits per heavy atom. The molecule has 2 heteroatoms. The largest absolute Gasteiger partial charge is 0.387 e. The van der Waals surface area contributed by atoms with Crippen LogP contribution in [0.2, 0.25) is 0 Å². The van der Waals surface area contributed by atoms with Crippen molar-refractivity contribution in [3.05, 3.63) is 48.6 Å².